The van der Waals surface area contributed by atoms with Crippen molar-refractivity contribution in [3.63, 3.8) is 0 Å². The standard InChI is InChI=1S/C13H14Cl2FN/c1-4-5-8(2)17-9(3)12-10(14)6-7-11(16)13(12)15/h1,6-9,17H,5H2,2-3H3. The van der Waals surface area contributed by atoms with E-state index in [1.807, 2.05) is 13.8 Å². The molecular formula is C13H14Cl2FN. The molecule has 0 heterocycles. The van der Waals surface area contributed by atoms with E-state index in [0.29, 0.717) is 17.0 Å². The number of hydrogen-bond donors (Lipinski definition) is 1. The van der Waals surface area contributed by atoms with Crippen LogP contribution in [0.25, 0.3) is 0 Å². The van der Waals surface area contributed by atoms with E-state index in [4.69, 9.17) is 29.6 Å². The summed E-state index contributed by atoms with van der Waals surface area (Å²) < 4.78 is 13.4. The van der Waals surface area contributed by atoms with Gasteiger partial charge in [0.05, 0.1) is 5.02 Å². The highest BCUT2D eigenvalue weighted by atomic mass is 35.5. The van der Waals surface area contributed by atoms with Crippen LogP contribution in [0, 0.1) is 18.2 Å². The number of benzene rings is 1. The van der Waals surface area contributed by atoms with Gasteiger partial charge in [-0.05, 0) is 26.0 Å². The monoisotopic (exact) mass is 273 g/mol. The number of terminal acetylenes is 1. The lowest BCUT2D eigenvalue weighted by Crippen LogP contribution is -2.29. The quantitative estimate of drug-likeness (QED) is 0.641. The molecule has 17 heavy (non-hydrogen) atoms. The van der Waals surface area contributed by atoms with Crippen LogP contribution in [-0.4, -0.2) is 6.04 Å². The number of nitrogens with one attached hydrogen (secondary N) is 1. The first-order valence-corrected chi connectivity index (χ1v) is 6.05. The van der Waals surface area contributed by atoms with Gasteiger partial charge in [-0.25, -0.2) is 4.39 Å². The lowest BCUT2D eigenvalue weighted by molar-refractivity contribution is 0.484. The fourth-order valence-electron chi connectivity index (χ4n) is 1.69. The van der Waals surface area contributed by atoms with Gasteiger partial charge in [-0.1, -0.05) is 23.2 Å². The van der Waals surface area contributed by atoms with Gasteiger partial charge in [-0.3, -0.25) is 0 Å². The second kappa shape index (κ2) is 6.26. The summed E-state index contributed by atoms with van der Waals surface area (Å²) in [6.45, 7) is 3.83. The molecule has 0 aliphatic carbocycles. The predicted molar refractivity (Wildman–Crippen MR) is 70.9 cm³/mol. The Morgan fingerprint density at radius 1 is 1.41 bits per heavy atom. The number of halogens is 3. The van der Waals surface area contributed by atoms with Gasteiger partial charge < -0.3 is 5.32 Å². The summed E-state index contributed by atoms with van der Waals surface area (Å²) in [5, 5.41) is 3.74. The minimum atomic E-state index is -0.468. The van der Waals surface area contributed by atoms with Crippen LogP contribution in [0.2, 0.25) is 10.0 Å². The van der Waals surface area contributed by atoms with Gasteiger partial charge in [0.2, 0.25) is 0 Å². The molecule has 0 amide bonds. The number of hydrogen-bond acceptors (Lipinski definition) is 1. The molecule has 4 heteroatoms. The molecule has 1 nitrogen and oxygen atoms in total. The smallest absolute Gasteiger partial charge is 0.142 e. The van der Waals surface area contributed by atoms with Crippen LogP contribution in [-0.2, 0) is 0 Å². The Bertz CT molecular complexity index is 440. The lowest BCUT2D eigenvalue weighted by Gasteiger charge is -2.21. The van der Waals surface area contributed by atoms with Gasteiger partial charge in [0, 0.05) is 29.1 Å². The fraction of sp³-hybridized carbons (Fsp3) is 0.385. The lowest BCUT2D eigenvalue weighted by atomic mass is 10.1. The fourth-order valence-corrected chi connectivity index (χ4v) is 2.38. The van der Waals surface area contributed by atoms with E-state index >= 15 is 0 Å². The molecule has 1 N–H and O–H groups in total. The normalized spacial score (nSPS) is 14.1. The van der Waals surface area contributed by atoms with Gasteiger partial charge in [0.25, 0.3) is 0 Å². The van der Waals surface area contributed by atoms with Crippen molar-refractivity contribution in [2.24, 2.45) is 0 Å². The van der Waals surface area contributed by atoms with E-state index < -0.39 is 5.82 Å². The van der Waals surface area contributed by atoms with Gasteiger partial charge in [-0.15, -0.1) is 12.3 Å². The second-order valence-electron chi connectivity index (χ2n) is 3.95. The summed E-state index contributed by atoms with van der Waals surface area (Å²) in [6.07, 6.45) is 5.82. The van der Waals surface area contributed by atoms with Crippen LogP contribution in [0.15, 0.2) is 12.1 Å². The van der Waals surface area contributed by atoms with E-state index in [0.717, 1.165) is 0 Å². The van der Waals surface area contributed by atoms with Crippen molar-refractivity contribution in [2.45, 2.75) is 32.4 Å². The first kappa shape index (κ1) is 14.3. The third kappa shape index (κ3) is 3.61. The topological polar surface area (TPSA) is 12.0 Å². The summed E-state index contributed by atoms with van der Waals surface area (Å²) >= 11 is 11.9. The van der Waals surface area contributed by atoms with Crippen LogP contribution < -0.4 is 5.32 Å². The Kier molecular flexibility index (Phi) is 5.27. The number of rotatable bonds is 4. The summed E-state index contributed by atoms with van der Waals surface area (Å²) in [6, 6.07) is 2.72. The molecule has 1 aromatic carbocycles. The van der Waals surface area contributed by atoms with Crippen LogP contribution in [0.4, 0.5) is 4.39 Å². The first-order valence-electron chi connectivity index (χ1n) is 5.30. The van der Waals surface area contributed by atoms with E-state index in [1.54, 1.807) is 0 Å². The summed E-state index contributed by atoms with van der Waals surface area (Å²) in [7, 11) is 0. The third-order valence-corrected chi connectivity index (χ3v) is 3.18. The SMILES string of the molecule is C#CCC(C)NC(C)c1c(Cl)ccc(F)c1Cl. The largest absolute Gasteiger partial charge is 0.307 e. The Morgan fingerprint density at radius 2 is 2.06 bits per heavy atom. The van der Waals surface area contributed by atoms with E-state index in [-0.39, 0.29) is 17.1 Å². The van der Waals surface area contributed by atoms with Gasteiger partial charge >= 0.3 is 0 Å². The van der Waals surface area contributed by atoms with E-state index in [9.17, 15) is 4.39 Å². The molecule has 0 saturated carbocycles. The molecule has 0 aliphatic heterocycles. The molecule has 0 aliphatic rings. The highest BCUT2D eigenvalue weighted by Gasteiger charge is 2.18. The minimum Gasteiger partial charge on any atom is -0.307 e. The Morgan fingerprint density at radius 3 is 2.65 bits per heavy atom. The Hall–Kier alpha value is -0.750. The van der Waals surface area contributed by atoms with Crippen LogP contribution >= 0.6 is 23.2 Å². The maximum absolute atomic E-state index is 13.4. The summed E-state index contributed by atoms with van der Waals surface area (Å²) in [4.78, 5) is 0. The molecule has 1 rings (SSSR count). The van der Waals surface area contributed by atoms with Gasteiger partial charge in [0.15, 0.2) is 0 Å². The van der Waals surface area contributed by atoms with Gasteiger partial charge in [0.1, 0.15) is 5.82 Å². The zero-order chi connectivity index (χ0) is 13.0. The van der Waals surface area contributed by atoms with Crippen molar-refractivity contribution >= 4 is 23.2 Å². The second-order valence-corrected chi connectivity index (χ2v) is 4.74. The average molecular weight is 274 g/mol. The molecule has 0 radical (unpaired) electrons. The van der Waals surface area contributed by atoms with Crippen LogP contribution in [0.3, 0.4) is 0 Å². The molecule has 0 saturated heterocycles. The molecule has 0 fully saturated rings. The van der Waals surface area contributed by atoms with Crippen molar-refractivity contribution in [1.82, 2.24) is 5.32 Å². The maximum Gasteiger partial charge on any atom is 0.142 e. The highest BCUT2D eigenvalue weighted by molar-refractivity contribution is 6.36. The predicted octanol–water partition coefficient (Wildman–Crippen LogP) is 4.19. The minimum absolute atomic E-state index is 0.0606. The summed E-state index contributed by atoms with van der Waals surface area (Å²) in [5.41, 5.74) is 0.567. The van der Waals surface area contributed by atoms with Gasteiger partial charge in [-0.2, -0.15) is 0 Å². The summed E-state index contributed by atoms with van der Waals surface area (Å²) in [5.74, 6) is 2.09. The molecule has 0 bridgehead atoms. The highest BCUT2D eigenvalue weighted by Crippen LogP contribution is 2.32. The Labute approximate surface area is 111 Å². The van der Waals surface area contributed by atoms with Crippen molar-refractivity contribution < 1.29 is 4.39 Å². The van der Waals surface area contributed by atoms with E-state index in [1.165, 1.54) is 12.1 Å². The van der Waals surface area contributed by atoms with Crippen LogP contribution in [0.5, 0.6) is 0 Å². The zero-order valence-electron chi connectivity index (χ0n) is 9.73. The first-order chi connectivity index (χ1) is 7.97. The van der Waals surface area contributed by atoms with Crippen LogP contribution in [0.1, 0.15) is 31.9 Å². The third-order valence-electron chi connectivity index (χ3n) is 2.47. The molecule has 2 unspecified atom stereocenters. The van der Waals surface area contributed by atoms with Crippen molar-refractivity contribution in [2.75, 3.05) is 0 Å². The molecule has 92 valence electrons. The molecule has 0 aromatic heterocycles. The maximum atomic E-state index is 13.4. The zero-order valence-corrected chi connectivity index (χ0v) is 11.2. The molecule has 1 aromatic rings. The van der Waals surface area contributed by atoms with E-state index in [2.05, 4.69) is 11.2 Å². The molecular weight excluding hydrogens is 260 g/mol. The molecule has 2 atom stereocenters. The van der Waals surface area contributed by atoms with Crippen molar-refractivity contribution in [3.05, 3.63) is 33.6 Å². The Balaban J connectivity index is 2.93. The average Bonchev–Trinajstić information content (AvgIpc) is 2.24. The van der Waals surface area contributed by atoms with Crippen molar-refractivity contribution in [1.29, 1.82) is 0 Å². The molecule has 0 spiro atoms. The van der Waals surface area contributed by atoms with Crippen molar-refractivity contribution in [3.8, 4) is 12.3 Å².